The molecule has 1 aliphatic rings. The number of nitro benzene ring substituents is 1. The Kier molecular flexibility index (Phi) is 3.25. The van der Waals surface area contributed by atoms with Crippen LogP contribution >= 0.6 is 0 Å². The van der Waals surface area contributed by atoms with E-state index in [4.69, 9.17) is 0 Å². The van der Waals surface area contributed by atoms with Crippen LogP contribution in [-0.2, 0) is 13.0 Å². The Morgan fingerprint density at radius 2 is 2.00 bits per heavy atom. The van der Waals surface area contributed by atoms with E-state index in [1.807, 2.05) is 0 Å². The number of para-hydroxylation sites is 1. The fourth-order valence-electron chi connectivity index (χ4n) is 2.46. The summed E-state index contributed by atoms with van der Waals surface area (Å²) in [5.41, 5.74) is 4.79. The molecule has 0 bridgehead atoms. The van der Waals surface area contributed by atoms with Crippen molar-refractivity contribution in [2.75, 3.05) is 17.2 Å². The highest BCUT2D eigenvalue weighted by atomic mass is 16.6. The van der Waals surface area contributed by atoms with E-state index >= 15 is 0 Å². The van der Waals surface area contributed by atoms with Crippen molar-refractivity contribution in [3.63, 3.8) is 0 Å². The van der Waals surface area contributed by atoms with Gasteiger partial charge in [0.25, 0.3) is 5.69 Å². The van der Waals surface area contributed by atoms with E-state index in [1.54, 1.807) is 12.1 Å². The van der Waals surface area contributed by atoms with E-state index in [1.165, 1.54) is 28.9 Å². The predicted molar refractivity (Wildman–Crippen MR) is 79.1 cm³/mol. The van der Waals surface area contributed by atoms with Gasteiger partial charge >= 0.3 is 0 Å². The molecule has 0 atom stereocenters. The van der Waals surface area contributed by atoms with Crippen molar-refractivity contribution < 1.29 is 4.92 Å². The number of non-ortho nitro benzene ring substituents is 1. The average Bonchev–Trinajstić information content (AvgIpc) is 2.94. The first-order valence-corrected chi connectivity index (χ1v) is 6.57. The van der Waals surface area contributed by atoms with Gasteiger partial charge in [-0.15, -0.1) is 0 Å². The number of hydrogen-bond acceptors (Lipinski definition) is 4. The molecule has 0 aromatic heterocycles. The summed E-state index contributed by atoms with van der Waals surface area (Å²) in [5.74, 6) is 0. The number of nitrogens with zero attached hydrogens (tertiary/aromatic N) is 1. The monoisotopic (exact) mass is 269 g/mol. The summed E-state index contributed by atoms with van der Waals surface area (Å²) in [4.78, 5) is 10.2. The van der Waals surface area contributed by atoms with Gasteiger partial charge in [-0.2, -0.15) is 0 Å². The molecule has 0 fully saturated rings. The molecular weight excluding hydrogens is 254 g/mol. The highest BCUT2D eigenvalue weighted by molar-refractivity contribution is 5.62. The van der Waals surface area contributed by atoms with Gasteiger partial charge in [-0.3, -0.25) is 10.1 Å². The van der Waals surface area contributed by atoms with Crippen LogP contribution in [0, 0.1) is 10.1 Å². The van der Waals surface area contributed by atoms with Crippen molar-refractivity contribution in [3.05, 3.63) is 63.7 Å². The quantitative estimate of drug-likeness (QED) is 0.661. The van der Waals surface area contributed by atoms with E-state index in [-0.39, 0.29) is 5.69 Å². The standard InChI is InChI=1S/C15H15N3O2/c19-18(20)14-6-4-13(5-7-14)17-10-12-3-1-2-11-8-9-16-15(11)12/h1-7,16-17H,8-10H2. The van der Waals surface area contributed by atoms with E-state index < -0.39 is 4.92 Å². The molecule has 0 spiro atoms. The lowest BCUT2D eigenvalue weighted by Crippen LogP contribution is -2.03. The minimum atomic E-state index is -0.391. The van der Waals surface area contributed by atoms with E-state index in [2.05, 4.69) is 28.8 Å². The predicted octanol–water partition coefficient (Wildman–Crippen LogP) is 3.17. The third-order valence-electron chi connectivity index (χ3n) is 3.49. The van der Waals surface area contributed by atoms with Gasteiger partial charge in [-0.05, 0) is 29.7 Å². The third kappa shape index (κ3) is 2.42. The Bertz CT molecular complexity index is 638. The smallest absolute Gasteiger partial charge is 0.269 e. The minimum absolute atomic E-state index is 0.109. The van der Waals surface area contributed by atoms with Crippen LogP contribution in [-0.4, -0.2) is 11.5 Å². The molecule has 0 saturated carbocycles. The molecule has 5 heteroatoms. The van der Waals surface area contributed by atoms with Crippen molar-refractivity contribution in [1.29, 1.82) is 0 Å². The second kappa shape index (κ2) is 5.21. The summed E-state index contributed by atoms with van der Waals surface area (Å²) in [6, 6.07) is 12.8. The fraction of sp³-hybridized carbons (Fsp3) is 0.200. The molecule has 3 rings (SSSR count). The second-order valence-corrected chi connectivity index (χ2v) is 4.79. The molecule has 0 radical (unpaired) electrons. The maximum absolute atomic E-state index is 10.6. The zero-order valence-corrected chi connectivity index (χ0v) is 10.9. The van der Waals surface area contributed by atoms with Crippen LogP contribution in [0.1, 0.15) is 11.1 Å². The molecule has 5 nitrogen and oxygen atoms in total. The van der Waals surface area contributed by atoms with Crippen molar-refractivity contribution in [3.8, 4) is 0 Å². The maximum atomic E-state index is 10.6. The average molecular weight is 269 g/mol. The van der Waals surface area contributed by atoms with Crippen molar-refractivity contribution in [2.45, 2.75) is 13.0 Å². The van der Waals surface area contributed by atoms with Crippen LogP contribution < -0.4 is 10.6 Å². The van der Waals surface area contributed by atoms with Crippen LogP contribution in [0.4, 0.5) is 17.1 Å². The first-order chi connectivity index (χ1) is 9.74. The van der Waals surface area contributed by atoms with Gasteiger partial charge in [0.15, 0.2) is 0 Å². The number of rotatable bonds is 4. The van der Waals surface area contributed by atoms with Crippen LogP contribution in [0.2, 0.25) is 0 Å². The molecule has 0 aliphatic carbocycles. The summed E-state index contributed by atoms with van der Waals surface area (Å²) in [6.45, 7) is 1.69. The molecule has 20 heavy (non-hydrogen) atoms. The summed E-state index contributed by atoms with van der Waals surface area (Å²) in [6.07, 6.45) is 1.07. The number of fused-ring (bicyclic) bond motifs is 1. The zero-order chi connectivity index (χ0) is 13.9. The number of benzene rings is 2. The third-order valence-corrected chi connectivity index (χ3v) is 3.49. The Hall–Kier alpha value is -2.56. The number of hydrogen-bond donors (Lipinski definition) is 2. The Morgan fingerprint density at radius 3 is 2.75 bits per heavy atom. The molecule has 0 saturated heterocycles. The van der Waals surface area contributed by atoms with Crippen LogP contribution in [0.3, 0.4) is 0 Å². The molecule has 102 valence electrons. The summed E-state index contributed by atoms with van der Waals surface area (Å²) < 4.78 is 0. The first-order valence-electron chi connectivity index (χ1n) is 6.57. The highest BCUT2D eigenvalue weighted by Crippen LogP contribution is 2.27. The lowest BCUT2D eigenvalue weighted by atomic mass is 10.1. The summed E-state index contributed by atoms with van der Waals surface area (Å²) in [7, 11) is 0. The SMILES string of the molecule is O=[N+]([O-])c1ccc(NCc2cccc3c2NCC3)cc1. The van der Waals surface area contributed by atoms with Crippen molar-refractivity contribution >= 4 is 17.1 Å². The number of nitrogens with one attached hydrogen (secondary N) is 2. The second-order valence-electron chi connectivity index (χ2n) is 4.79. The topological polar surface area (TPSA) is 67.2 Å². The molecule has 2 N–H and O–H groups in total. The van der Waals surface area contributed by atoms with E-state index in [0.29, 0.717) is 6.54 Å². The van der Waals surface area contributed by atoms with Gasteiger partial charge < -0.3 is 10.6 Å². The van der Waals surface area contributed by atoms with Crippen molar-refractivity contribution in [1.82, 2.24) is 0 Å². The largest absolute Gasteiger partial charge is 0.384 e. The highest BCUT2D eigenvalue weighted by Gasteiger charge is 2.13. The number of nitro groups is 1. The Labute approximate surface area is 116 Å². The maximum Gasteiger partial charge on any atom is 0.269 e. The summed E-state index contributed by atoms with van der Waals surface area (Å²) >= 11 is 0. The van der Waals surface area contributed by atoms with Gasteiger partial charge in [0.2, 0.25) is 0 Å². The number of anilines is 2. The Balaban J connectivity index is 1.71. The molecule has 1 aliphatic heterocycles. The normalized spacial score (nSPS) is 12.6. The van der Waals surface area contributed by atoms with E-state index in [0.717, 1.165) is 18.7 Å². The van der Waals surface area contributed by atoms with Gasteiger partial charge in [0.05, 0.1) is 4.92 Å². The van der Waals surface area contributed by atoms with Gasteiger partial charge in [-0.1, -0.05) is 18.2 Å². The lowest BCUT2D eigenvalue weighted by Gasteiger charge is -2.11. The van der Waals surface area contributed by atoms with Crippen LogP contribution in [0.25, 0.3) is 0 Å². The molecular formula is C15H15N3O2. The van der Waals surface area contributed by atoms with Crippen molar-refractivity contribution in [2.24, 2.45) is 0 Å². The minimum Gasteiger partial charge on any atom is -0.384 e. The van der Waals surface area contributed by atoms with E-state index in [9.17, 15) is 10.1 Å². The van der Waals surface area contributed by atoms with Gasteiger partial charge in [0, 0.05) is 36.6 Å². The molecule has 0 unspecified atom stereocenters. The molecule has 2 aromatic rings. The van der Waals surface area contributed by atoms with Crippen LogP contribution in [0.15, 0.2) is 42.5 Å². The lowest BCUT2D eigenvalue weighted by molar-refractivity contribution is -0.384. The van der Waals surface area contributed by atoms with Gasteiger partial charge in [0.1, 0.15) is 0 Å². The molecule has 0 amide bonds. The molecule has 2 aromatic carbocycles. The van der Waals surface area contributed by atoms with Gasteiger partial charge in [-0.25, -0.2) is 0 Å². The first kappa shape index (κ1) is 12.5. The zero-order valence-electron chi connectivity index (χ0n) is 10.9. The summed E-state index contributed by atoms with van der Waals surface area (Å²) in [5, 5.41) is 17.3. The Morgan fingerprint density at radius 1 is 1.20 bits per heavy atom. The fourth-order valence-corrected chi connectivity index (χ4v) is 2.46. The molecule has 1 heterocycles. The van der Waals surface area contributed by atoms with Crippen LogP contribution in [0.5, 0.6) is 0 Å².